The van der Waals surface area contributed by atoms with Crippen molar-refractivity contribution in [2.24, 2.45) is 10.2 Å². The number of azo groups is 1. The summed E-state index contributed by atoms with van der Waals surface area (Å²) in [6.07, 6.45) is -0.00119. The number of nitrogens with zero attached hydrogens (tertiary/aromatic N) is 2. The van der Waals surface area contributed by atoms with Crippen molar-refractivity contribution in [2.75, 3.05) is 0 Å². The van der Waals surface area contributed by atoms with Crippen LogP contribution in [-0.4, -0.2) is 21.0 Å². The summed E-state index contributed by atoms with van der Waals surface area (Å²) in [5.41, 5.74) is -1.62. The fraction of sp³-hybridized carbons (Fsp3) is 0.0833. The highest BCUT2D eigenvalue weighted by atomic mass is 79.9. The van der Waals surface area contributed by atoms with Crippen molar-refractivity contribution in [3.63, 3.8) is 0 Å². The molecule has 3 N–H and O–H groups in total. The molecule has 0 bridgehead atoms. The van der Waals surface area contributed by atoms with Crippen molar-refractivity contribution >= 4 is 27.5 Å². The number of halogens is 1. The minimum absolute atomic E-state index is 0.00119. The van der Waals surface area contributed by atoms with Crippen molar-refractivity contribution in [3.05, 3.63) is 55.1 Å². The normalized spacial score (nSPS) is 10.9. The largest absolute Gasteiger partial charge is 0.493 e. The van der Waals surface area contributed by atoms with Crippen LogP contribution >= 0.6 is 15.9 Å². The minimum Gasteiger partial charge on any atom is -0.493 e. The van der Waals surface area contributed by atoms with Gasteiger partial charge in [-0.05, 0) is 17.7 Å². The lowest BCUT2D eigenvalue weighted by Gasteiger charge is -1.97. The van der Waals surface area contributed by atoms with E-state index in [0.717, 1.165) is 10.0 Å². The number of hydrogen-bond donors (Lipinski definition) is 3. The highest BCUT2D eigenvalue weighted by Gasteiger charge is 2.08. The van der Waals surface area contributed by atoms with Crippen molar-refractivity contribution in [1.29, 1.82) is 0 Å². The maximum absolute atomic E-state index is 11.6. The molecule has 0 atom stereocenters. The van der Waals surface area contributed by atoms with Gasteiger partial charge in [0, 0.05) is 4.47 Å². The lowest BCUT2D eigenvalue weighted by molar-refractivity contribution is -0.117. The Hall–Kier alpha value is -2.55. The minimum atomic E-state index is -0.934. The van der Waals surface area contributed by atoms with Crippen LogP contribution in [0.15, 0.2) is 48.6 Å². The molecule has 0 unspecified atom stereocenters. The van der Waals surface area contributed by atoms with Gasteiger partial charge in [0.2, 0.25) is 11.6 Å². The van der Waals surface area contributed by atoms with Crippen LogP contribution in [0.1, 0.15) is 5.56 Å². The molecule has 1 aromatic heterocycles. The van der Waals surface area contributed by atoms with Gasteiger partial charge in [-0.1, -0.05) is 28.1 Å². The maximum Gasteiger partial charge on any atom is 0.328 e. The molecular weight excluding hydrogens is 344 g/mol. The smallest absolute Gasteiger partial charge is 0.328 e. The first kappa shape index (κ1) is 14.9. The number of aromatic nitrogens is 2. The molecule has 0 fully saturated rings. The van der Waals surface area contributed by atoms with Crippen molar-refractivity contribution in [3.8, 4) is 5.88 Å². The highest BCUT2D eigenvalue weighted by molar-refractivity contribution is 9.10. The van der Waals surface area contributed by atoms with Gasteiger partial charge >= 0.3 is 5.69 Å². The first-order chi connectivity index (χ1) is 9.95. The van der Waals surface area contributed by atoms with E-state index < -0.39 is 28.7 Å². The third kappa shape index (κ3) is 3.96. The number of carbonyl (C=O) groups is 1. The first-order valence-electron chi connectivity index (χ1n) is 5.70. The van der Waals surface area contributed by atoms with Gasteiger partial charge in [-0.3, -0.25) is 19.6 Å². The van der Waals surface area contributed by atoms with Gasteiger partial charge in [0.15, 0.2) is 0 Å². The number of carbonyl (C=O) groups excluding carboxylic acids is 1. The predicted molar refractivity (Wildman–Crippen MR) is 76.7 cm³/mol. The Labute approximate surface area is 125 Å². The fourth-order valence-electron chi connectivity index (χ4n) is 1.48. The third-order valence-electron chi connectivity index (χ3n) is 2.43. The number of H-pyrrole nitrogens is 2. The lowest BCUT2D eigenvalue weighted by atomic mass is 10.1. The SMILES string of the molecule is O=C(Cc1ccc(Br)cc1)N=Nc1c(O)[nH]c(=O)[nH]c1=O. The Morgan fingerprint density at radius 2 is 1.86 bits per heavy atom. The van der Waals surface area contributed by atoms with Crippen LogP contribution in [0, 0.1) is 0 Å². The monoisotopic (exact) mass is 352 g/mol. The van der Waals surface area contributed by atoms with E-state index in [-0.39, 0.29) is 6.42 Å². The van der Waals surface area contributed by atoms with Gasteiger partial charge < -0.3 is 5.11 Å². The van der Waals surface area contributed by atoms with Crippen LogP contribution in [0.3, 0.4) is 0 Å². The van der Waals surface area contributed by atoms with E-state index in [2.05, 4.69) is 26.2 Å². The summed E-state index contributed by atoms with van der Waals surface area (Å²) in [5.74, 6) is -1.34. The van der Waals surface area contributed by atoms with Gasteiger partial charge in [0.25, 0.3) is 11.5 Å². The summed E-state index contributed by atoms with van der Waals surface area (Å²) in [7, 11) is 0. The van der Waals surface area contributed by atoms with Crippen LogP contribution in [0.4, 0.5) is 5.69 Å². The molecule has 21 heavy (non-hydrogen) atoms. The van der Waals surface area contributed by atoms with Crippen molar-refractivity contribution < 1.29 is 9.90 Å². The van der Waals surface area contributed by atoms with E-state index in [1.165, 1.54) is 0 Å². The average molecular weight is 353 g/mol. The molecule has 2 aromatic rings. The highest BCUT2D eigenvalue weighted by Crippen LogP contribution is 2.16. The third-order valence-corrected chi connectivity index (χ3v) is 2.96. The number of hydrogen-bond acceptors (Lipinski definition) is 5. The van der Waals surface area contributed by atoms with Crippen LogP contribution < -0.4 is 11.2 Å². The Morgan fingerprint density at radius 3 is 2.48 bits per heavy atom. The summed E-state index contributed by atoms with van der Waals surface area (Å²) in [5, 5.41) is 16.1. The Bertz CT molecular complexity index is 807. The molecular formula is C12H9BrN4O4. The van der Waals surface area contributed by atoms with Crippen molar-refractivity contribution in [1.82, 2.24) is 9.97 Å². The molecule has 2 rings (SSSR count). The topological polar surface area (TPSA) is 128 Å². The average Bonchev–Trinajstić information content (AvgIpc) is 2.40. The maximum atomic E-state index is 11.6. The van der Waals surface area contributed by atoms with Gasteiger partial charge in [-0.2, -0.15) is 0 Å². The zero-order valence-corrected chi connectivity index (χ0v) is 12.0. The molecule has 0 aliphatic heterocycles. The number of rotatable bonds is 3. The van der Waals surface area contributed by atoms with Gasteiger partial charge in [0.1, 0.15) is 0 Å². The molecule has 1 amide bonds. The van der Waals surface area contributed by atoms with E-state index in [9.17, 15) is 19.5 Å². The lowest BCUT2D eigenvalue weighted by Crippen LogP contribution is -2.21. The summed E-state index contributed by atoms with van der Waals surface area (Å²) in [4.78, 5) is 37.6. The molecule has 0 aliphatic rings. The number of aromatic hydroxyl groups is 1. The Balaban J connectivity index is 2.14. The Kier molecular flexibility index (Phi) is 4.43. The molecule has 1 aromatic carbocycles. The van der Waals surface area contributed by atoms with E-state index in [0.29, 0.717) is 0 Å². The summed E-state index contributed by atoms with van der Waals surface area (Å²) in [6, 6.07) is 7.03. The molecule has 9 heteroatoms. The zero-order chi connectivity index (χ0) is 15.4. The Morgan fingerprint density at radius 1 is 1.19 bits per heavy atom. The molecule has 8 nitrogen and oxygen atoms in total. The van der Waals surface area contributed by atoms with Crippen LogP contribution in [0.5, 0.6) is 5.88 Å². The van der Waals surface area contributed by atoms with Crippen molar-refractivity contribution in [2.45, 2.75) is 6.42 Å². The summed E-state index contributed by atoms with van der Waals surface area (Å²) in [6.45, 7) is 0. The van der Waals surface area contributed by atoms with E-state index in [1.807, 2.05) is 9.97 Å². The van der Waals surface area contributed by atoms with Crippen LogP contribution in [0.2, 0.25) is 0 Å². The molecule has 1 heterocycles. The molecule has 0 saturated carbocycles. The van der Waals surface area contributed by atoms with Gasteiger partial charge in [-0.25, -0.2) is 4.79 Å². The second-order valence-electron chi connectivity index (χ2n) is 4.00. The van der Waals surface area contributed by atoms with Crippen LogP contribution in [0.25, 0.3) is 0 Å². The molecule has 0 saturated heterocycles. The number of nitrogens with one attached hydrogen (secondary N) is 2. The first-order valence-corrected chi connectivity index (χ1v) is 6.49. The number of aromatic amines is 2. The van der Waals surface area contributed by atoms with E-state index >= 15 is 0 Å². The van der Waals surface area contributed by atoms with E-state index in [1.54, 1.807) is 24.3 Å². The number of benzene rings is 1. The molecule has 0 radical (unpaired) electrons. The quantitative estimate of drug-likeness (QED) is 0.720. The zero-order valence-electron chi connectivity index (χ0n) is 10.5. The standard InChI is InChI=1S/C12H9BrN4O4/c13-7-3-1-6(2-4-7)5-8(18)16-17-9-10(19)14-12(21)15-11(9)20/h1-4H,5H2,(H3,14,15,19,20,21). The molecule has 108 valence electrons. The van der Waals surface area contributed by atoms with Gasteiger partial charge in [0.05, 0.1) is 6.42 Å². The van der Waals surface area contributed by atoms with E-state index in [4.69, 9.17) is 0 Å². The fourth-order valence-corrected chi connectivity index (χ4v) is 1.74. The summed E-state index contributed by atoms with van der Waals surface area (Å²) < 4.78 is 0.880. The second kappa shape index (κ2) is 6.27. The molecule has 0 spiro atoms. The van der Waals surface area contributed by atoms with Gasteiger partial charge in [-0.15, -0.1) is 10.2 Å². The van der Waals surface area contributed by atoms with Crippen LogP contribution in [-0.2, 0) is 11.2 Å². The molecule has 0 aliphatic carbocycles. The predicted octanol–water partition coefficient (Wildman–Crippen LogP) is 1.38. The summed E-state index contributed by atoms with van der Waals surface area (Å²) >= 11 is 3.27. The second-order valence-corrected chi connectivity index (χ2v) is 4.92. The number of amides is 1.